The maximum atomic E-state index is 11.0. The number of nitrogens with one attached hydrogen (secondary N) is 1. The number of aliphatic hydroxyl groups is 1. The van der Waals surface area contributed by atoms with E-state index in [0.29, 0.717) is 5.69 Å². The topological polar surface area (TPSA) is 86.6 Å². The van der Waals surface area contributed by atoms with Crippen molar-refractivity contribution in [2.24, 2.45) is 0 Å². The Morgan fingerprint density at radius 2 is 2.00 bits per heavy atom. The molecule has 1 rings (SSSR count). The molecule has 0 aliphatic heterocycles. The van der Waals surface area contributed by atoms with Gasteiger partial charge in [0.25, 0.3) is 0 Å². The van der Waals surface area contributed by atoms with Gasteiger partial charge in [0.2, 0.25) is 6.35 Å². The van der Waals surface area contributed by atoms with Crippen molar-refractivity contribution in [3.8, 4) is 0 Å². The summed E-state index contributed by atoms with van der Waals surface area (Å²) in [4.78, 5) is 10.9. The average Bonchev–Trinajstić information content (AvgIpc) is 2.34. The van der Waals surface area contributed by atoms with Gasteiger partial charge in [0, 0.05) is 5.69 Å². The van der Waals surface area contributed by atoms with Crippen LogP contribution in [-0.4, -0.2) is 28.7 Å². The van der Waals surface area contributed by atoms with Gasteiger partial charge in [-0.25, -0.2) is 4.79 Å². The van der Waals surface area contributed by atoms with Gasteiger partial charge < -0.3 is 15.5 Å². The number of carbonyl (C=O) groups is 1. The molecule has 1 aromatic rings. The van der Waals surface area contributed by atoms with Crippen LogP contribution >= 0.6 is 7.80 Å². The zero-order valence-corrected chi connectivity index (χ0v) is 9.93. The number of aliphatic carboxylic acids is 1. The molecule has 0 heterocycles. The summed E-state index contributed by atoms with van der Waals surface area (Å²) in [6.07, 6.45) is 0.904. The van der Waals surface area contributed by atoms with E-state index in [0.717, 1.165) is 0 Å². The molecule has 0 amide bonds. The predicted molar refractivity (Wildman–Crippen MR) is 65.3 cm³/mol. The monoisotopic (exact) mass is 254 g/mol. The minimum Gasteiger partial charge on any atom is -0.477 e. The van der Waals surface area contributed by atoms with Gasteiger partial charge in [-0.3, -0.25) is 0 Å². The highest BCUT2D eigenvalue weighted by molar-refractivity contribution is 7.44. The van der Waals surface area contributed by atoms with Gasteiger partial charge in [0.15, 0.2) is 6.16 Å². The molecule has 1 atom stereocenters. The molecule has 1 aromatic carbocycles. The second-order valence-corrected chi connectivity index (χ2v) is 4.83. The third-order valence-corrected chi connectivity index (χ3v) is 2.85. The van der Waals surface area contributed by atoms with Crippen LogP contribution in [0.1, 0.15) is 0 Å². The fourth-order valence-electron chi connectivity index (χ4n) is 1.12. The van der Waals surface area contributed by atoms with Crippen molar-refractivity contribution in [2.45, 2.75) is 0 Å². The zero-order valence-electron chi connectivity index (χ0n) is 9.04. The number of para-hydroxylation sites is 1. The van der Waals surface area contributed by atoms with Gasteiger partial charge in [-0.2, -0.15) is 0 Å². The van der Waals surface area contributed by atoms with E-state index in [2.05, 4.69) is 5.32 Å². The summed E-state index contributed by atoms with van der Waals surface area (Å²) in [7, 11) is -1.78. The smallest absolute Gasteiger partial charge is 0.370 e. The number of allylic oxidation sites excluding steroid dienone is 1. The summed E-state index contributed by atoms with van der Waals surface area (Å²) >= 11 is 0. The highest BCUT2D eigenvalue weighted by Crippen LogP contribution is 2.19. The Morgan fingerprint density at radius 3 is 2.53 bits per heavy atom. The van der Waals surface area contributed by atoms with E-state index < -0.39 is 20.1 Å². The van der Waals surface area contributed by atoms with Crippen molar-refractivity contribution in [3.63, 3.8) is 0 Å². The average molecular weight is 254 g/mol. The Bertz CT molecular complexity index is 430. The molecular formula is C11H13NO4P+. The number of hydrogen-bond donors (Lipinski definition) is 3. The van der Waals surface area contributed by atoms with Crippen molar-refractivity contribution in [1.82, 2.24) is 0 Å². The van der Waals surface area contributed by atoms with Crippen LogP contribution in [0, 0.1) is 0 Å². The molecule has 90 valence electrons. The van der Waals surface area contributed by atoms with Gasteiger partial charge in [-0.1, -0.05) is 22.8 Å². The maximum absolute atomic E-state index is 11.0. The molecule has 0 bridgehead atoms. The molecule has 3 N–H and O–H groups in total. The SMILES string of the molecule is O=C(O)C(=CC[P+](=O)CO)Nc1ccccc1. The fourth-order valence-corrected chi connectivity index (χ4v) is 1.62. The number of rotatable bonds is 6. The lowest BCUT2D eigenvalue weighted by molar-refractivity contribution is -0.132. The first-order valence-electron chi connectivity index (χ1n) is 4.92. The molecular weight excluding hydrogens is 241 g/mol. The maximum Gasteiger partial charge on any atom is 0.370 e. The van der Waals surface area contributed by atoms with E-state index >= 15 is 0 Å². The molecule has 6 heteroatoms. The Balaban J connectivity index is 2.74. The third kappa shape index (κ3) is 4.76. The first kappa shape index (κ1) is 13.4. The standard InChI is InChI=1S/C11H12NO4P/c13-8-17(16)7-6-10(11(14)15)12-9-4-2-1-3-5-9/h1-6,12-13H,7-8H2/p+1. The van der Waals surface area contributed by atoms with Crippen LogP contribution < -0.4 is 5.32 Å². The lowest BCUT2D eigenvalue weighted by Crippen LogP contribution is -2.10. The van der Waals surface area contributed by atoms with E-state index in [1.807, 2.05) is 6.07 Å². The molecule has 0 aromatic heterocycles. The number of carboxylic acids is 1. The molecule has 0 saturated carbocycles. The quantitative estimate of drug-likeness (QED) is 0.532. The Labute approximate surface area is 99.6 Å². The summed E-state index contributed by atoms with van der Waals surface area (Å²) in [5.41, 5.74) is 0.591. The van der Waals surface area contributed by atoms with Crippen molar-refractivity contribution in [2.75, 3.05) is 17.8 Å². The molecule has 0 fully saturated rings. The van der Waals surface area contributed by atoms with Crippen LogP contribution in [0.5, 0.6) is 0 Å². The predicted octanol–water partition coefficient (Wildman–Crippen LogP) is 1.84. The Kier molecular flexibility index (Phi) is 5.33. The van der Waals surface area contributed by atoms with Gasteiger partial charge in [0.1, 0.15) is 5.70 Å². The van der Waals surface area contributed by atoms with Crippen LogP contribution in [0.3, 0.4) is 0 Å². The van der Waals surface area contributed by atoms with E-state index in [1.54, 1.807) is 24.3 Å². The number of hydrogen-bond acceptors (Lipinski definition) is 4. The minimum atomic E-state index is -1.78. The first-order valence-corrected chi connectivity index (χ1v) is 6.55. The molecule has 0 spiro atoms. The molecule has 5 nitrogen and oxygen atoms in total. The number of anilines is 1. The van der Waals surface area contributed by atoms with Gasteiger partial charge in [0.05, 0.1) is 0 Å². The summed E-state index contributed by atoms with van der Waals surface area (Å²) < 4.78 is 11.0. The second-order valence-electron chi connectivity index (χ2n) is 3.22. The highest BCUT2D eigenvalue weighted by atomic mass is 31.1. The van der Waals surface area contributed by atoms with Gasteiger partial charge in [-0.15, -0.1) is 0 Å². The largest absolute Gasteiger partial charge is 0.477 e. The normalized spacial score (nSPS) is 12.1. The molecule has 1 unspecified atom stereocenters. The summed E-state index contributed by atoms with van der Waals surface area (Å²) in [5.74, 6) is -1.13. The van der Waals surface area contributed by atoms with Crippen molar-refractivity contribution in [1.29, 1.82) is 0 Å². The third-order valence-electron chi connectivity index (χ3n) is 1.94. The lowest BCUT2D eigenvalue weighted by atomic mass is 10.3. The molecule has 0 radical (unpaired) electrons. The molecule has 0 saturated heterocycles. The fraction of sp³-hybridized carbons (Fsp3) is 0.182. The summed E-state index contributed by atoms with van der Waals surface area (Å²) in [6, 6.07) is 8.82. The van der Waals surface area contributed by atoms with Crippen molar-refractivity contribution >= 4 is 19.5 Å². The van der Waals surface area contributed by atoms with Crippen molar-refractivity contribution < 1.29 is 19.6 Å². The second kappa shape index (κ2) is 6.78. The van der Waals surface area contributed by atoms with Crippen LogP contribution in [-0.2, 0) is 9.36 Å². The molecule has 17 heavy (non-hydrogen) atoms. The van der Waals surface area contributed by atoms with Crippen LogP contribution in [0.15, 0.2) is 42.1 Å². The first-order chi connectivity index (χ1) is 8.13. The lowest BCUT2D eigenvalue weighted by Gasteiger charge is -2.05. The Morgan fingerprint density at radius 1 is 1.35 bits per heavy atom. The Hall–Kier alpha value is -1.71. The summed E-state index contributed by atoms with van der Waals surface area (Å²) in [6.45, 7) is 0. The van der Waals surface area contributed by atoms with Gasteiger partial charge in [-0.05, 0) is 18.2 Å². The van der Waals surface area contributed by atoms with Crippen LogP contribution in [0.2, 0.25) is 0 Å². The van der Waals surface area contributed by atoms with Gasteiger partial charge >= 0.3 is 13.8 Å². The van der Waals surface area contributed by atoms with Crippen LogP contribution in [0.4, 0.5) is 5.69 Å². The van der Waals surface area contributed by atoms with E-state index in [4.69, 9.17) is 10.2 Å². The van der Waals surface area contributed by atoms with E-state index in [1.165, 1.54) is 6.08 Å². The number of aliphatic hydroxyl groups excluding tert-OH is 1. The highest BCUT2D eigenvalue weighted by Gasteiger charge is 2.14. The summed E-state index contributed by atoms with van der Waals surface area (Å²) in [5, 5.41) is 20.2. The van der Waals surface area contributed by atoms with Crippen LogP contribution in [0.25, 0.3) is 0 Å². The number of carboxylic acid groups (broad SMARTS) is 1. The van der Waals surface area contributed by atoms with E-state index in [9.17, 15) is 9.36 Å². The van der Waals surface area contributed by atoms with E-state index in [-0.39, 0.29) is 11.9 Å². The van der Waals surface area contributed by atoms with Crippen molar-refractivity contribution in [3.05, 3.63) is 42.1 Å². The molecule has 0 aliphatic rings. The molecule has 0 aliphatic carbocycles. The zero-order chi connectivity index (χ0) is 12.7. The number of benzene rings is 1. The minimum absolute atomic E-state index is 0.0350.